The molecule has 2 rings (SSSR count). The molecule has 0 unspecified atom stereocenters. The third kappa shape index (κ3) is 3.60. The van der Waals surface area contributed by atoms with E-state index in [4.69, 9.17) is 4.74 Å². The van der Waals surface area contributed by atoms with Crippen LogP contribution in [0.3, 0.4) is 0 Å². The van der Waals surface area contributed by atoms with Gasteiger partial charge in [0.2, 0.25) is 0 Å². The summed E-state index contributed by atoms with van der Waals surface area (Å²) in [6.45, 7) is 11.4. The zero-order valence-corrected chi connectivity index (χ0v) is 13.8. The molecule has 0 fully saturated rings. The first-order valence-electron chi connectivity index (χ1n) is 7.15. The van der Waals surface area contributed by atoms with E-state index in [-0.39, 0.29) is 0 Å². The van der Waals surface area contributed by atoms with E-state index in [0.717, 1.165) is 11.4 Å². The average molecular weight is 289 g/mol. The van der Waals surface area contributed by atoms with Gasteiger partial charge < -0.3 is 4.74 Å². The second-order valence-corrected chi connectivity index (χ2v) is 6.69. The molecule has 0 N–H and O–H groups in total. The maximum Gasteiger partial charge on any atom is 0.131 e. The van der Waals surface area contributed by atoms with E-state index in [1.807, 2.05) is 0 Å². The highest BCUT2D eigenvalue weighted by Gasteiger charge is 2.08. The van der Waals surface area contributed by atoms with Crippen LogP contribution >= 0.6 is 11.3 Å². The minimum atomic E-state index is 0.486. The minimum Gasteiger partial charge on any atom is -0.487 e. The Morgan fingerprint density at radius 3 is 2.50 bits per heavy atom. The van der Waals surface area contributed by atoms with Crippen molar-refractivity contribution < 1.29 is 4.74 Å². The molecule has 0 saturated carbocycles. The van der Waals surface area contributed by atoms with Crippen LogP contribution in [0.15, 0.2) is 23.6 Å². The normalized spacial score (nSPS) is 11.3. The van der Waals surface area contributed by atoms with Crippen molar-refractivity contribution in [2.75, 3.05) is 0 Å². The Kier molecular flexibility index (Phi) is 4.81. The first-order chi connectivity index (χ1) is 9.47. The van der Waals surface area contributed by atoms with E-state index in [1.54, 1.807) is 11.3 Å². The van der Waals surface area contributed by atoms with Gasteiger partial charge in [0.05, 0.1) is 10.7 Å². The predicted octanol–water partition coefficient (Wildman–Crippen LogP) is 5.28. The van der Waals surface area contributed by atoms with E-state index < -0.39 is 0 Å². The first kappa shape index (κ1) is 15.0. The van der Waals surface area contributed by atoms with Crippen molar-refractivity contribution in [2.45, 2.75) is 53.1 Å². The second kappa shape index (κ2) is 6.40. The van der Waals surface area contributed by atoms with Gasteiger partial charge in [-0.3, -0.25) is 0 Å². The van der Waals surface area contributed by atoms with Crippen LogP contribution in [0.1, 0.15) is 61.4 Å². The maximum atomic E-state index is 5.95. The van der Waals surface area contributed by atoms with Gasteiger partial charge in [-0.25, -0.2) is 4.98 Å². The molecule has 0 atom stereocenters. The molecule has 108 valence electrons. The van der Waals surface area contributed by atoms with Crippen LogP contribution in [-0.4, -0.2) is 4.98 Å². The van der Waals surface area contributed by atoms with E-state index in [0.29, 0.717) is 18.4 Å². The molecule has 0 aliphatic heterocycles. The molecular weight excluding hydrogens is 266 g/mol. The Bertz CT molecular complexity index is 572. The quantitative estimate of drug-likeness (QED) is 0.747. The topological polar surface area (TPSA) is 22.1 Å². The average Bonchev–Trinajstić information content (AvgIpc) is 2.86. The summed E-state index contributed by atoms with van der Waals surface area (Å²) in [5.74, 6) is 1.97. The molecule has 2 nitrogen and oxygen atoms in total. The molecule has 0 radical (unpaired) electrons. The highest BCUT2D eigenvalue weighted by Crippen LogP contribution is 2.26. The number of nitrogens with zero attached hydrogens (tertiary/aromatic N) is 1. The number of ether oxygens (including phenoxy) is 1. The fourth-order valence-electron chi connectivity index (χ4n) is 1.94. The monoisotopic (exact) mass is 289 g/mol. The number of benzene rings is 1. The molecule has 0 aliphatic rings. The number of hydrogen-bond donors (Lipinski definition) is 0. The van der Waals surface area contributed by atoms with Crippen LogP contribution in [-0.2, 0) is 6.61 Å². The van der Waals surface area contributed by atoms with Gasteiger partial charge in [0, 0.05) is 11.3 Å². The maximum absolute atomic E-state index is 5.95. The Balaban J connectivity index is 2.07. The van der Waals surface area contributed by atoms with Gasteiger partial charge in [-0.1, -0.05) is 39.8 Å². The summed E-state index contributed by atoms with van der Waals surface area (Å²) in [5.41, 5.74) is 3.51. The van der Waals surface area contributed by atoms with E-state index in [9.17, 15) is 0 Å². The number of aryl methyl sites for hydroxylation is 1. The summed E-state index contributed by atoms with van der Waals surface area (Å²) in [4.78, 5) is 4.61. The van der Waals surface area contributed by atoms with Gasteiger partial charge in [-0.2, -0.15) is 0 Å². The zero-order chi connectivity index (χ0) is 14.7. The summed E-state index contributed by atoms with van der Waals surface area (Å²) in [5, 5.41) is 3.27. The smallest absolute Gasteiger partial charge is 0.131 e. The van der Waals surface area contributed by atoms with Crippen LogP contribution in [0.4, 0.5) is 0 Å². The standard InChI is InChI=1S/C17H23NOS/c1-11(2)14-7-6-13(5)16(8-14)19-9-15-10-20-17(18-15)12(3)4/h6-8,10-12H,9H2,1-5H3. The lowest BCUT2D eigenvalue weighted by Crippen LogP contribution is -1.99. The summed E-state index contributed by atoms with van der Waals surface area (Å²) in [6.07, 6.45) is 0. The Labute approximate surface area is 125 Å². The third-order valence-electron chi connectivity index (χ3n) is 3.32. The van der Waals surface area contributed by atoms with E-state index in [1.165, 1.54) is 16.1 Å². The predicted molar refractivity (Wildman–Crippen MR) is 85.8 cm³/mol. The van der Waals surface area contributed by atoms with Crippen molar-refractivity contribution in [3.63, 3.8) is 0 Å². The zero-order valence-electron chi connectivity index (χ0n) is 12.9. The molecule has 0 saturated heterocycles. The van der Waals surface area contributed by atoms with E-state index >= 15 is 0 Å². The highest BCUT2D eigenvalue weighted by molar-refractivity contribution is 7.09. The van der Waals surface area contributed by atoms with Gasteiger partial charge in [-0.05, 0) is 30.0 Å². The first-order valence-corrected chi connectivity index (χ1v) is 8.03. The van der Waals surface area contributed by atoms with Gasteiger partial charge in [0.25, 0.3) is 0 Å². The number of rotatable bonds is 5. The molecule has 20 heavy (non-hydrogen) atoms. The summed E-state index contributed by atoms with van der Waals surface area (Å²) < 4.78 is 5.95. The number of aromatic nitrogens is 1. The third-order valence-corrected chi connectivity index (χ3v) is 4.51. The van der Waals surface area contributed by atoms with Crippen LogP contribution in [0.2, 0.25) is 0 Å². The number of thiazole rings is 1. The Morgan fingerprint density at radius 1 is 1.15 bits per heavy atom. The molecule has 0 amide bonds. The summed E-state index contributed by atoms with van der Waals surface area (Å²) >= 11 is 1.71. The molecule has 1 aromatic carbocycles. The summed E-state index contributed by atoms with van der Waals surface area (Å²) in [6, 6.07) is 6.45. The van der Waals surface area contributed by atoms with Crippen LogP contribution in [0, 0.1) is 6.92 Å². The van der Waals surface area contributed by atoms with Crippen LogP contribution in [0.25, 0.3) is 0 Å². The minimum absolute atomic E-state index is 0.486. The largest absolute Gasteiger partial charge is 0.487 e. The van der Waals surface area contributed by atoms with Gasteiger partial charge in [-0.15, -0.1) is 11.3 Å². The van der Waals surface area contributed by atoms with Crippen LogP contribution < -0.4 is 4.74 Å². The second-order valence-electron chi connectivity index (χ2n) is 5.80. The van der Waals surface area contributed by atoms with Crippen molar-refractivity contribution in [3.05, 3.63) is 45.4 Å². The molecule has 0 bridgehead atoms. The molecule has 3 heteroatoms. The van der Waals surface area contributed by atoms with Crippen LogP contribution in [0.5, 0.6) is 5.75 Å². The van der Waals surface area contributed by atoms with Crippen molar-refractivity contribution in [1.82, 2.24) is 4.98 Å². The van der Waals surface area contributed by atoms with E-state index in [2.05, 4.69) is 63.2 Å². The number of hydrogen-bond acceptors (Lipinski definition) is 3. The fraction of sp³-hybridized carbons (Fsp3) is 0.471. The lowest BCUT2D eigenvalue weighted by Gasteiger charge is -2.12. The molecule has 0 spiro atoms. The SMILES string of the molecule is Cc1ccc(C(C)C)cc1OCc1csc(C(C)C)n1. The van der Waals surface area contributed by atoms with Gasteiger partial charge >= 0.3 is 0 Å². The Morgan fingerprint density at radius 2 is 1.90 bits per heavy atom. The molecule has 1 heterocycles. The molecule has 0 aliphatic carbocycles. The molecule has 2 aromatic rings. The molecule has 1 aromatic heterocycles. The van der Waals surface area contributed by atoms with Crippen molar-refractivity contribution in [3.8, 4) is 5.75 Å². The molecular formula is C17H23NOS. The lowest BCUT2D eigenvalue weighted by atomic mass is 10.0. The van der Waals surface area contributed by atoms with Crippen molar-refractivity contribution in [1.29, 1.82) is 0 Å². The van der Waals surface area contributed by atoms with Crippen molar-refractivity contribution >= 4 is 11.3 Å². The van der Waals surface area contributed by atoms with Gasteiger partial charge in [0.15, 0.2) is 0 Å². The lowest BCUT2D eigenvalue weighted by molar-refractivity contribution is 0.299. The Hall–Kier alpha value is -1.35. The van der Waals surface area contributed by atoms with Crippen molar-refractivity contribution in [2.24, 2.45) is 0 Å². The van der Waals surface area contributed by atoms with Gasteiger partial charge in [0.1, 0.15) is 12.4 Å². The summed E-state index contributed by atoms with van der Waals surface area (Å²) in [7, 11) is 0. The fourth-order valence-corrected chi connectivity index (χ4v) is 2.76. The highest BCUT2D eigenvalue weighted by atomic mass is 32.1.